The van der Waals surface area contributed by atoms with E-state index in [-0.39, 0.29) is 11.7 Å². The van der Waals surface area contributed by atoms with E-state index in [9.17, 15) is 4.79 Å². The second-order valence-corrected chi connectivity index (χ2v) is 5.10. The van der Waals surface area contributed by atoms with Crippen molar-refractivity contribution in [2.45, 2.75) is 27.7 Å². The lowest BCUT2D eigenvalue weighted by molar-refractivity contribution is -0.116. The molecular formula is C14H19N5O. The third-order valence-electron chi connectivity index (χ3n) is 3.29. The molecule has 0 amide bonds. The molecule has 0 bridgehead atoms. The van der Waals surface area contributed by atoms with Crippen LogP contribution in [0.25, 0.3) is 11.8 Å². The first-order chi connectivity index (χ1) is 9.41. The summed E-state index contributed by atoms with van der Waals surface area (Å²) >= 11 is 0. The van der Waals surface area contributed by atoms with Crippen LogP contribution in [-0.4, -0.2) is 30.3 Å². The third-order valence-corrected chi connectivity index (χ3v) is 3.29. The number of hydrogen-bond acceptors (Lipinski definition) is 4. The van der Waals surface area contributed by atoms with Gasteiger partial charge in [0.1, 0.15) is 18.4 Å². The minimum absolute atomic E-state index is 0.0261. The second kappa shape index (κ2) is 5.40. The first-order valence-corrected chi connectivity index (χ1v) is 6.53. The number of ketones is 1. The average Bonchev–Trinajstić information content (AvgIpc) is 2.98. The van der Waals surface area contributed by atoms with Crippen LogP contribution in [-0.2, 0) is 11.8 Å². The first-order valence-electron chi connectivity index (χ1n) is 6.53. The zero-order chi connectivity index (χ0) is 14.9. The van der Waals surface area contributed by atoms with E-state index in [1.807, 2.05) is 40.8 Å². The molecule has 0 radical (unpaired) electrons. The van der Waals surface area contributed by atoms with Gasteiger partial charge < -0.3 is 0 Å². The highest BCUT2D eigenvalue weighted by atomic mass is 16.1. The van der Waals surface area contributed by atoms with E-state index in [4.69, 9.17) is 0 Å². The van der Waals surface area contributed by atoms with Crippen LogP contribution in [0.3, 0.4) is 0 Å². The number of allylic oxidation sites excluding steroid dienone is 1. The molecule has 2 heterocycles. The molecule has 2 rings (SSSR count). The lowest BCUT2D eigenvalue weighted by Crippen LogP contribution is -2.15. The molecule has 0 spiro atoms. The number of rotatable bonds is 4. The highest BCUT2D eigenvalue weighted by molar-refractivity contribution is 6.20. The predicted octanol–water partition coefficient (Wildman–Crippen LogP) is 1.85. The van der Waals surface area contributed by atoms with Crippen LogP contribution in [0, 0.1) is 19.8 Å². The fourth-order valence-corrected chi connectivity index (χ4v) is 2.01. The van der Waals surface area contributed by atoms with Crippen LogP contribution in [0.1, 0.15) is 30.8 Å². The summed E-state index contributed by atoms with van der Waals surface area (Å²) in [5, 5.41) is 8.44. The van der Waals surface area contributed by atoms with Crippen molar-refractivity contribution in [2.24, 2.45) is 13.0 Å². The molecule has 0 unspecified atom stereocenters. The third kappa shape index (κ3) is 2.54. The van der Waals surface area contributed by atoms with Gasteiger partial charge in [-0.1, -0.05) is 13.8 Å². The van der Waals surface area contributed by atoms with Crippen LogP contribution in [0.4, 0.5) is 0 Å². The van der Waals surface area contributed by atoms with Gasteiger partial charge in [-0.25, -0.2) is 9.67 Å². The molecule has 0 aromatic carbocycles. The van der Waals surface area contributed by atoms with Gasteiger partial charge in [0, 0.05) is 24.2 Å². The van der Waals surface area contributed by atoms with Gasteiger partial charge in [-0.05, 0) is 19.9 Å². The quantitative estimate of drug-likeness (QED) is 0.797. The van der Waals surface area contributed by atoms with Crippen molar-refractivity contribution in [1.29, 1.82) is 0 Å². The minimum Gasteiger partial charge on any atom is -0.292 e. The van der Waals surface area contributed by atoms with Crippen LogP contribution >= 0.6 is 0 Å². The summed E-state index contributed by atoms with van der Waals surface area (Å²) in [4.78, 5) is 16.3. The van der Waals surface area contributed by atoms with Gasteiger partial charge in [-0.3, -0.25) is 9.48 Å². The second-order valence-electron chi connectivity index (χ2n) is 5.10. The lowest BCUT2D eigenvalue weighted by atomic mass is 10.0. The molecule has 2 aromatic heterocycles. The Kier molecular flexibility index (Phi) is 3.83. The number of Topliss-reactive ketones (excluding diaryl/α,β-unsaturated/α-hetero) is 1. The summed E-state index contributed by atoms with van der Waals surface area (Å²) in [5.41, 5.74) is 3.36. The summed E-state index contributed by atoms with van der Waals surface area (Å²) < 4.78 is 3.31. The molecule has 0 saturated carbocycles. The van der Waals surface area contributed by atoms with Gasteiger partial charge in [-0.15, -0.1) is 0 Å². The van der Waals surface area contributed by atoms with Crippen molar-refractivity contribution in [3.63, 3.8) is 0 Å². The maximum atomic E-state index is 12.4. The highest BCUT2D eigenvalue weighted by Gasteiger charge is 2.18. The zero-order valence-electron chi connectivity index (χ0n) is 12.5. The average molecular weight is 273 g/mol. The van der Waals surface area contributed by atoms with Crippen molar-refractivity contribution >= 4 is 17.6 Å². The Labute approximate surface area is 118 Å². The molecule has 0 N–H and O–H groups in total. The summed E-state index contributed by atoms with van der Waals surface area (Å²) in [5.74, 6) is -0.0825. The van der Waals surface area contributed by atoms with Crippen LogP contribution in [0.2, 0.25) is 0 Å². The molecule has 0 aliphatic heterocycles. The Morgan fingerprint density at radius 2 is 2.05 bits per heavy atom. The smallest absolute Gasteiger partial charge is 0.183 e. The SMILES string of the molecule is Cc1nn(C)c(C)c1C=C(C(=O)C(C)C)n1cncn1. The summed E-state index contributed by atoms with van der Waals surface area (Å²) in [6, 6.07) is 0. The number of carbonyl (C=O) groups excluding carboxylic acids is 1. The van der Waals surface area contributed by atoms with Crippen molar-refractivity contribution in [3.8, 4) is 0 Å². The van der Waals surface area contributed by atoms with Crippen molar-refractivity contribution < 1.29 is 4.79 Å². The predicted molar refractivity (Wildman–Crippen MR) is 76.7 cm³/mol. The van der Waals surface area contributed by atoms with E-state index < -0.39 is 0 Å². The maximum Gasteiger partial charge on any atom is 0.183 e. The van der Waals surface area contributed by atoms with Crippen LogP contribution in [0.5, 0.6) is 0 Å². The topological polar surface area (TPSA) is 65.6 Å². The fourth-order valence-electron chi connectivity index (χ4n) is 2.01. The number of aromatic nitrogens is 5. The van der Waals surface area contributed by atoms with E-state index in [1.54, 1.807) is 4.68 Å². The van der Waals surface area contributed by atoms with Gasteiger partial charge in [-0.2, -0.15) is 10.2 Å². The fraction of sp³-hybridized carbons (Fsp3) is 0.429. The van der Waals surface area contributed by atoms with Gasteiger partial charge in [0.2, 0.25) is 0 Å². The summed E-state index contributed by atoms with van der Waals surface area (Å²) in [7, 11) is 1.89. The largest absolute Gasteiger partial charge is 0.292 e. The molecule has 20 heavy (non-hydrogen) atoms. The van der Waals surface area contributed by atoms with Gasteiger partial charge in [0.05, 0.1) is 5.69 Å². The zero-order valence-corrected chi connectivity index (χ0v) is 12.5. The van der Waals surface area contributed by atoms with Crippen molar-refractivity contribution in [1.82, 2.24) is 24.5 Å². The normalized spacial score (nSPS) is 12.2. The Bertz CT molecular complexity index is 649. The van der Waals surface area contributed by atoms with E-state index in [1.165, 1.54) is 17.3 Å². The molecule has 0 fully saturated rings. The first kappa shape index (κ1) is 14.2. The highest BCUT2D eigenvalue weighted by Crippen LogP contribution is 2.20. The maximum absolute atomic E-state index is 12.4. The molecule has 106 valence electrons. The van der Waals surface area contributed by atoms with Gasteiger partial charge in [0.15, 0.2) is 5.78 Å². The molecule has 0 saturated heterocycles. The number of nitrogens with zero attached hydrogens (tertiary/aromatic N) is 5. The molecule has 6 nitrogen and oxygen atoms in total. The molecule has 0 aliphatic carbocycles. The van der Waals surface area contributed by atoms with E-state index in [0.717, 1.165) is 17.0 Å². The Balaban J connectivity index is 2.57. The number of hydrogen-bond donors (Lipinski definition) is 0. The Hall–Kier alpha value is -2.24. The minimum atomic E-state index is -0.109. The summed E-state index contributed by atoms with van der Waals surface area (Å²) in [6.07, 6.45) is 4.80. The van der Waals surface area contributed by atoms with E-state index >= 15 is 0 Å². The molecule has 0 aliphatic rings. The standard InChI is InChI=1S/C14H19N5O/c1-9(2)14(20)13(19-8-15-7-16-19)6-12-10(3)17-18(5)11(12)4/h6-9H,1-5H3. The van der Waals surface area contributed by atoms with E-state index in [2.05, 4.69) is 15.2 Å². The van der Waals surface area contributed by atoms with Crippen molar-refractivity contribution in [3.05, 3.63) is 29.6 Å². The molecular weight excluding hydrogens is 254 g/mol. The Morgan fingerprint density at radius 3 is 2.50 bits per heavy atom. The molecule has 0 atom stereocenters. The molecule has 2 aromatic rings. The Morgan fingerprint density at radius 1 is 1.35 bits per heavy atom. The van der Waals surface area contributed by atoms with Crippen molar-refractivity contribution in [2.75, 3.05) is 0 Å². The monoisotopic (exact) mass is 273 g/mol. The van der Waals surface area contributed by atoms with Crippen LogP contribution in [0.15, 0.2) is 12.7 Å². The van der Waals surface area contributed by atoms with Gasteiger partial charge in [0.25, 0.3) is 0 Å². The number of carbonyl (C=O) groups is 1. The number of aryl methyl sites for hydroxylation is 2. The van der Waals surface area contributed by atoms with Gasteiger partial charge >= 0.3 is 0 Å². The lowest BCUT2D eigenvalue weighted by Gasteiger charge is -2.09. The summed E-state index contributed by atoms with van der Waals surface area (Å²) in [6.45, 7) is 7.65. The van der Waals surface area contributed by atoms with Crippen LogP contribution < -0.4 is 0 Å². The van der Waals surface area contributed by atoms with E-state index in [0.29, 0.717) is 5.70 Å². The molecule has 6 heteroatoms.